The molecule has 3 atom stereocenters. The molecule has 2 aliphatic rings. The first-order chi connectivity index (χ1) is 8.74. The zero-order valence-corrected chi connectivity index (χ0v) is 11.2. The maximum atomic E-state index is 12.3. The number of likely N-dealkylation sites (tertiary alicyclic amines) is 1. The first-order valence-corrected chi connectivity index (χ1v) is 6.93. The standard InChI is InChI=1S/C14H24N2O2/c1-18-13-6-7-16(12(9-13)10-15)14(17)8-11-4-2-3-5-11/h2,4,11-13H,3,5-10,15H2,1H3. The van der Waals surface area contributed by atoms with E-state index in [-0.39, 0.29) is 18.1 Å². The molecule has 0 spiro atoms. The van der Waals surface area contributed by atoms with Gasteiger partial charge < -0.3 is 15.4 Å². The molecule has 0 aromatic carbocycles. The van der Waals surface area contributed by atoms with Gasteiger partial charge in [0.25, 0.3) is 0 Å². The molecule has 1 aliphatic heterocycles. The summed E-state index contributed by atoms with van der Waals surface area (Å²) >= 11 is 0. The quantitative estimate of drug-likeness (QED) is 0.767. The number of carbonyl (C=O) groups excluding carboxylic acids is 1. The summed E-state index contributed by atoms with van der Waals surface area (Å²) in [5, 5.41) is 0. The van der Waals surface area contributed by atoms with Crippen LogP contribution in [-0.2, 0) is 9.53 Å². The molecule has 0 aromatic heterocycles. The van der Waals surface area contributed by atoms with Crippen LogP contribution in [0.5, 0.6) is 0 Å². The van der Waals surface area contributed by atoms with Gasteiger partial charge in [-0.15, -0.1) is 0 Å². The molecule has 18 heavy (non-hydrogen) atoms. The van der Waals surface area contributed by atoms with Gasteiger partial charge in [-0.1, -0.05) is 12.2 Å². The zero-order chi connectivity index (χ0) is 13.0. The van der Waals surface area contributed by atoms with Crippen LogP contribution in [0.4, 0.5) is 0 Å². The fraction of sp³-hybridized carbons (Fsp3) is 0.786. The smallest absolute Gasteiger partial charge is 0.223 e. The second-order valence-corrected chi connectivity index (χ2v) is 5.33. The van der Waals surface area contributed by atoms with Gasteiger partial charge in [-0.3, -0.25) is 4.79 Å². The number of methoxy groups -OCH3 is 1. The Bertz CT molecular complexity index is 317. The maximum Gasteiger partial charge on any atom is 0.223 e. The molecule has 2 rings (SSSR count). The molecule has 0 radical (unpaired) electrons. The SMILES string of the molecule is COC1CCN(C(=O)CC2C=CCC2)C(CN)C1. The second kappa shape index (κ2) is 6.34. The summed E-state index contributed by atoms with van der Waals surface area (Å²) in [6, 6.07) is 0.154. The number of piperidine rings is 1. The number of carbonyl (C=O) groups is 1. The van der Waals surface area contributed by atoms with E-state index in [1.54, 1.807) is 7.11 Å². The number of nitrogens with zero attached hydrogens (tertiary/aromatic N) is 1. The minimum atomic E-state index is 0.154. The largest absolute Gasteiger partial charge is 0.381 e. The number of amides is 1. The summed E-state index contributed by atoms with van der Waals surface area (Å²) in [5.41, 5.74) is 5.79. The minimum Gasteiger partial charge on any atom is -0.381 e. The first-order valence-electron chi connectivity index (χ1n) is 6.93. The van der Waals surface area contributed by atoms with Gasteiger partial charge in [0.05, 0.1) is 6.10 Å². The fourth-order valence-electron chi connectivity index (χ4n) is 2.99. The molecule has 0 saturated carbocycles. The van der Waals surface area contributed by atoms with E-state index in [4.69, 9.17) is 10.5 Å². The molecule has 0 bridgehead atoms. The summed E-state index contributed by atoms with van der Waals surface area (Å²) in [5.74, 6) is 0.702. The molecule has 1 amide bonds. The summed E-state index contributed by atoms with van der Waals surface area (Å²) < 4.78 is 5.38. The van der Waals surface area contributed by atoms with Crippen molar-refractivity contribution in [2.24, 2.45) is 11.7 Å². The van der Waals surface area contributed by atoms with Crippen LogP contribution in [0.1, 0.15) is 32.1 Å². The van der Waals surface area contributed by atoms with Gasteiger partial charge in [0, 0.05) is 32.7 Å². The molecule has 0 aromatic rings. The van der Waals surface area contributed by atoms with E-state index < -0.39 is 0 Å². The van der Waals surface area contributed by atoms with Gasteiger partial charge in [0.1, 0.15) is 0 Å². The van der Waals surface area contributed by atoms with E-state index in [0.717, 1.165) is 32.2 Å². The van der Waals surface area contributed by atoms with E-state index in [1.807, 2.05) is 4.90 Å². The lowest BCUT2D eigenvalue weighted by molar-refractivity contribution is -0.137. The maximum absolute atomic E-state index is 12.3. The lowest BCUT2D eigenvalue weighted by atomic mass is 9.97. The summed E-state index contributed by atoms with van der Waals surface area (Å²) in [4.78, 5) is 14.3. The van der Waals surface area contributed by atoms with E-state index >= 15 is 0 Å². The van der Waals surface area contributed by atoms with Crippen molar-refractivity contribution in [1.82, 2.24) is 4.90 Å². The van der Waals surface area contributed by atoms with Crippen molar-refractivity contribution in [3.63, 3.8) is 0 Å². The van der Waals surface area contributed by atoms with Crippen LogP contribution in [-0.4, -0.2) is 43.2 Å². The third-order valence-corrected chi connectivity index (χ3v) is 4.14. The van der Waals surface area contributed by atoms with E-state index in [1.165, 1.54) is 0 Å². The summed E-state index contributed by atoms with van der Waals surface area (Å²) in [6.45, 7) is 1.32. The third kappa shape index (κ3) is 3.12. The predicted molar refractivity (Wildman–Crippen MR) is 71.1 cm³/mol. The molecule has 2 N–H and O–H groups in total. The molecule has 3 unspecified atom stereocenters. The van der Waals surface area contributed by atoms with Crippen LogP contribution in [0.25, 0.3) is 0 Å². The van der Waals surface area contributed by atoms with Crippen molar-refractivity contribution >= 4 is 5.91 Å². The third-order valence-electron chi connectivity index (χ3n) is 4.14. The van der Waals surface area contributed by atoms with Crippen molar-refractivity contribution in [1.29, 1.82) is 0 Å². The van der Waals surface area contributed by atoms with E-state index in [0.29, 0.717) is 18.9 Å². The monoisotopic (exact) mass is 252 g/mol. The number of nitrogens with two attached hydrogens (primary N) is 1. The molecular formula is C14H24N2O2. The van der Waals surface area contributed by atoms with Gasteiger partial charge >= 0.3 is 0 Å². The topological polar surface area (TPSA) is 55.6 Å². The number of ether oxygens (including phenoxy) is 1. The van der Waals surface area contributed by atoms with Crippen LogP contribution >= 0.6 is 0 Å². The van der Waals surface area contributed by atoms with Gasteiger partial charge in [-0.2, -0.15) is 0 Å². The van der Waals surface area contributed by atoms with Gasteiger partial charge in [-0.05, 0) is 31.6 Å². The Kier molecular flexibility index (Phi) is 4.78. The van der Waals surface area contributed by atoms with Crippen LogP contribution in [0, 0.1) is 5.92 Å². The van der Waals surface area contributed by atoms with Crippen molar-refractivity contribution in [2.45, 2.75) is 44.2 Å². The van der Waals surface area contributed by atoms with Crippen LogP contribution in [0.3, 0.4) is 0 Å². The molecule has 4 nitrogen and oxygen atoms in total. The Labute approximate surface area is 109 Å². The highest BCUT2D eigenvalue weighted by Gasteiger charge is 2.31. The van der Waals surface area contributed by atoms with Crippen molar-refractivity contribution < 1.29 is 9.53 Å². The molecule has 1 saturated heterocycles. The van der Waals surface area contributed by atoms with Crippen LogP contribution < -0.4 is 5.73 Å². The predicted octanol–water partition coefficient (Wildman–Crippen LogP) is 1.31. The molecule has 4 heteroatoms. The van der Waals surface area contributed by atoms with Gasteiger partial charge in [0.15, 0.2) is 0 Å². The number of hydrogen-bond donors (Lipinski definition) is 1. The van der Waals surface area contributed by atoms with Crippen LogP contribution in [0.2, 0.25) is 0 Å². The normalized spacial score (nSPS) is 31.9. The van der Waals surface area contributed by atoms with Gasteiger partial charge in [-0.25, -0.2) is 0 Å². The first kappa shape index (κ1) is 13.6. The van der Waals surface area contributed by atoms with Crippen molar-refractivity contribution in [2.75, 3.05) is 20.2 Å². The van der Waals surface area contributed by atoms with Crippen molar-refractivity contribution in [3.8, 4) is 0 Å². The fourth-order valence-corrected chi connectivity index (χ4v) is 2.99. The number of rotatable bonds is 4. The Morgan fingerprint density at radius 3 is 2.94 bits per heavy atom. The van der Waals surface area contributed by atoms with E-state index in [9.17, 15) is 4.79 Å². The second-order valence-electron chi connectivity index (χ2n) is 5.33. The highest BCUT2D eigenvalue weighted by molar-refractivity contribution is 5.77. The Hall–Kier alpha value is -0.870. The van der Waals surface area contributed by atoms with E-state index in [2.05, 4.69) is 12.2 Å². The number of allylic oxidation sites excluding steroid dienone is 2. The minimum absolute atomic E-state index is 0.154. The summed E-state index contributed by atoms with van der Waals surface area (Å²) in [7, 11) is 1.74. The Balaban J connectivity index is 1.89. The molecule has 1 heterocycles. The average molecular weight is 252 g/mol. The molecule has 1 aliphatic carbocycles. The lowest BCUT2D eigenvalue weighted by Crippen LogP contribution is -2.51. The molecular weight excluding hydrogens is 228 g/mol. The average Bonchev–Trinajstić information content (AvgIpc) is 2.90. The summed E-state index contributed by atoms with van der Waals surface area (Å²) in [6.07, 6.45) is 9.29. The Morgan fingerprint density at radius 1 is 1.50 bits per heavy atom. The highest BCUT2D eigenvalue weighted by Crippen LogP contribution is 2.25. The van der Waals surface area contributed by atoms with Crippen molar-refractivity contribution in [3.05, 3.63) is 12.2 Å². The van der Waals surface area contributed by atoms with Gasteiger partial charge in [0.2, 0.25) is 5.91 Å². The zero-order valence-electron chi connectivity index (χ0n) is 11.2. The van der Waals surface area contributed by atoms with Crippen LogP contribution in [0.15, 0.2) is 12.2 Å². The Morgan fingerprint density at radius 2 is 2.33 bits per heavy atom. The number of hydrogen-bond acceptors (Lipinski definition) is 3. The highest BCUT2D eigenvalue weighted by atomic mass is 16.5. The molecule has 102 valence electrons. The molecule has 1 fully saturated rings. The lowest BCUT2D eigenvalue weighted by Gasteiger charge is -2.39.